The number of oxazole rings is 1. The van der Waals surface area contributed by atoms with Crippen molar-refractivity contribution in [3.8, 4) is 11.5 Å². The number of amides is 3. The fourth-order valence-corrected chi connectivity index (χ4v) is 3.07. The van der Waals surface area contributed by atoms with Crippen molar-refractivity contribution in [1.29, 1.82) is 0 Å². The Hall–Kier alpha value is -3.19. The summed E-state index contributed by atoms with van der Waals surface area (Å²) in [6, 6.07) is 11.2. The lowest BCUT2D eigenvalue weighted by Crippen LogP contribution is -2.52. The van der Waals surface area contributed by atoms with Crippen LogP contribution in [-0.2, 0) is 9.59 Å². The van der Waals surface area contributed by atoms with Gasteiger partial charge in [-0.1, -0.05) is 17.7 Å². The van der Waals surface area contributed by atoms with Crippen LogP contribution in [0.5, 0.6) is 0 Å². The molecular formula is C19H14ClN3O4. The Morgan fingerprint density at radius 3 is 2.85 bits per heavy atom. The van der Waals surface area contributed by atoms with Crippen molar-refractivity contribution >= 4 is 40.4 Å². The van der Waals surface area contributed by atoms with E-state index in [1.165, 1.54) is 0 Å². The van der Waals surface area contributed by atoms with Crippen molar-refractivity contribution in [3.63, 3.8) is 0 Å². The van der Waals surface area contributed by atoms with Crippen LogP contribution in [0.25, 0.3) is 22.6 Å². The zero-order valence-electron chi connectivity index (χ0n) is 14.0. The van der Waals surface area contributed by atoms with Gasteiger partial charge in [0.2, 0.25) is 17.7 Å². The molecule has 1 unspecified atom stereocenters. The number of carbonyl (C=O) groups excluding carboxylic acids is 3. The van der Waals surface area contributed by atoms with E-state index in [9.17, 15) is 14.4 Å². The molecule has 136 valence electrons. The first-order valence-corrected chi connectivity index (χ1v) is 8.68. The Balaban J connectivity index is 1.57. The SMILES string of the molecule is O=C1CCC(NC(=O)c2ccc3nc(-c4cccc(Cl)c4)oc3c2)C(=O)N1. The van der Waals surface area contributed by atoms with Gasteiger partial charge in [-0.15, -0.1) is 0 Å². The average Bonchev–Trinajstić information content (AvgIpc) is 3.07. The molecule has 7 nitrogen and oxygen atoms in total. The molecule has 1 saturated heterocycles. The molecule has 0 spiro atoms. The van der Waals surface area contributed by atoms with Crippen LogP contribution in [-0.4, -0.2) is 28.7 Å². The number of halogens is 1. The molecule has 0 saturated carbocycles. The fourth-order valence-electron chi connectivity index (χ4n) is 2.88. The first kappa shape index (κ1) is 17.2. The third-order valence-corrected chi connectivity index (χ3v) is 4.50. The van der Waals surface area contributed by atoms with Crippen molar-refractivity contribution in [2.24, 2.45) is 0 Å². The molecule has 1 fully saturated rings. The van der Waals surface area contributed by atoms with E-state index < -0.39 is 17.9 Å². The number of hydrogen-bond acceptors (Lipinski definition) is 5. The molecule has 0 bridgehead atoms. The van der Waals surface area contributed by atoms with Crippen LogP contribution in [0.3, 0.4) is 0 Å². The fraction of sp³-hybridized carbons (Fsp3) is 0.158. The number of fused-ring (bicyclic) bond motifs is 1. The van der Waals surface area contributed by atoms with Crippen LogP contribution in [0.1, 0.15) is 23.2 Å². The average molecular weight is 384 g/mol. The van der Waals surface area contributed by atoms with E-state index in [1.807, 2.05) is 6.07 Å². The van der Waals surface area contributed by atoms with Gasteiger partial charge >= 0.3 is 0 Å². The van der Waals surface area contributed by atoms with E-state index in [0.29, 0.717) is 27.6 Å². The smallest absolute Gasteiger partial charge is 0.252 e. The van der Waals surface area contributed by atoms with E-state index >= 15 is 0 Å². The highest BCUT2D eigenvalue weighted by Gasteiger charge is 2.28. The minimum atomic E-state index is -0.734. The second-order valence-electron chi connectivity index (χ2n) is 6.19. The van der Waals surface area contributed by atoms with Gasteiger partial charge < -0.3 is 9.73 Å². The summed E-state index contributed by atoms with van der Waals surface area (Å²) in [5.74, 6) is -0.854. The summed E-state index contributed by atoms with van der Waals surface area (Å²) in [5, 5.41) is 5.41. The minimum Gasteiger partial charge on any atom is -0.436 e. The summed E-state index contributed by atoms with van der Waals surface area (Å²) in [7, 11) is 0. The quantitative estimate of drug-likeness (QED) is 0.677. The molecule has 1 atom stereocenters. The summed E-state index contributed by atoms with van der Waals surface area (Å²) < 4.78 is 5.75. The molecule has 0 radical (unpaired) electrons. The Morgan fingerprint density at radius 2 is 2.07 bits per heavy atom. The lowest BCUT2D eigenvalue weighted by molar-refractivity contribution is -0.134. The first-order valence-electron chi connectivity index (χ1n) is 8.31. The number of piperidine rings is 1. The molecule has 1 aliphatic rings. The van der Waals surface area contributed by atoms with E-state index in [2.05, 4.69) is 15.6 Å². The molecule has 4 rings (SSSR count). The molecule has 27 heavy (non-hydrogen) atoms. The molecule has 2 N–H and O–H groups in total. The summed E-state index contributed by atoms with van der Waals surface area (Å²) in [4.78, 5) is 39.8. The second kappa shape index (κ2) is 6.85. The maximum atomic E-state index is 12.4. The Labute approximate surface area is 158 Å². The molecule has 0 aliphatic carbocycles. The maximum Gasteiger partial charge on any atom is 0.252 e. The van der Waals surface area contributed by atoms with Crippen molar-refractivity contribution in [2.75, 3.05) is 0 Å². The van der Waals surface area contributed by atoms with E-state index in [1.54, 1.807) is 36.4 Å². The predicted octanol–water partition coefficient (Wildman–Crippen LogP) is 2.68. The van der Waals surface area contributed by atoms with E-state index in [4.69, 9.17) is 16.0 Å². The minimum absolute atomic E-state index is 0.195. The van der Waals surface area contributed by atoms with Crippen molar-refractivity contribution in [3.05, 3.63) is 53.1 Å². The number of aromatic nitrogens is 1. The number of carbonyl (C=O) groups is 3. The Morgan fingerprint density at radius 1 is 1.22 bits per heavy atom. The van der Waals surface area contributed by atoms with Gasteiger partial charge in [0.1, 0.15) is 11.6 Å². The summed E-state index contributed by atoms with van der Waals surface area (Å²) in [6.07, 6.45) is 0.473. The van der Waals surface area contributed by atoms with Gasteiger partial charge in [-0.05, 0) is 42.8 Å². The van der Waals surface area contributed by atoms with E-state index in [-0.39, 0.29) is 18.7 Å². The van der Waals surface area contributed by atoms with Crippen LogP contribution in [0.2, 0.25) is 5.02 Å². The van der Waals surface area contributed by atoms with Crippen LogP contribution < -0.4 is 10.6 Å². The molecular weight excluding hydrogens is 370 g/mol. The van der Waals surface area contributed by atoms with Crippen LogP contribution in [0.15, 0.2) is 46.9 Å². The summed E-state index contributed by atoms with van der Waals surface area (Å²) in [5.41, 5.74) is 2.11. The Bertz CT molecular complexity index is 1080. The van der Waals surface area contributed by atoms with Crippen molar-refractivity contribution in [1.82, 2.24) is 15.6 Å². The number of hydrogen-bond donors (Lipinski definition) is 2. The molecule has 3 amide bonds. The van der Waals surface area contributed by atoms with Crippen LogP contribution in [0, 0.1) is 0 Å². The second-order valence-corrected chi connectivity index (χ2v) is 6.63. The highest BCUT2D eigenvalue weighted by molar-refractivity contribution is 6.30. The number of rotatable bonds is 3. The summed E-state index contributed by atoms with van der Waals surface area (Å²) in [6.45, 7) is 0. The molecule has 2 aromatic carbocycles. The van der Waals surface area contributed by atoms with Gasteiger partial charge in [-0.25, -0.2) is 4.98 Å². The zero-order chi connectivity index (χ0) is 19.0. The largest absolute Gasteiger partial charge is 0.436 e. The summed E-state index contributed by atoms with van der Waals surface area (Å²) >= 11 is 6.00. The Kier molecular flexibility index (Phi) is 4.37. The zero-order valence-corrected chi connectivity index (χ0v) is 14.7. The normalized spacial score (nSPS) is 17.0. The van der Waals surface area contributed by atoms with Gasteiger partial charge in [0.15, 0.2) is 5.58 Å². The first-order chi connectivity index (χ1) is 13.0. The number of imide groups is 1. The highest BCUT2D eigenvalue weighted by Crippen LogP contribution is 2.26. The number of benzene rings is 2. The maximum absolute atomic E-state index is 12.4. The molecule has 2 heterocycles. The lowest BCUT2D eigenvalue weighted by atomic mass is 10.1. The van der Waals surface area contributed by atoms with Gasteiger partial charge in [0.05, 0.1) is 0 Å². The van der Waals surface area contributed by atoms with Crippen LogP contribution in [0.4, 0.5) is 0 Å². The van der Waals surface area contributed by atoms with Gasteiger partial charge in [-0.3, -0.25) is 19.7 Å². The topological polar surface area (TPSA) is 101 Å². The lowest BCUT2D eigenvalue weighted by Gasteiger charge is -2.21. The monoisotopic (exact) mass is 383 g/mol. The molecule has 1 aromatic heterocycles. The van der Waals surface area contributed by atoms with Crippen LogP contribution >= 0.6 is 11.6 Å². The third-order valence-electron chi connectivity index (χ3n) is 4.27. The number of nitrogens with one attached hydrogen (secondary N) is 2. The molecule has 8 heteroatoms. The third kappa shape index (κ3) is 3.54. The number of nitrogens with zero attached hydrogens (tertiary/aromatic N) is 1. The van der Waals surface area contributed by atoms with Crippen molar-refractivity contribution in [2.45, 2.75) is 18.9 Å². The van der Waals surface area contributed by atoms with Gasteiger partial charge in [-0.2, -0.15) is 0 Å². The van der Waals surface area contributed by atoms with Gasteiger partial charge in [0.25, 0.3) is 5.91 Å². The molecule has 3 aromatic rings. The van der Waals surface area contributed by atoms with E-state index in [0.717, 1.165) is 5.56 Å². The predicted molar refractivity (Wildman–Crippen MR) is 98.1 cm³/mol. The van der Waals surface area contributed by atoms with Gasteiger partial charge in [0, 0.05) is 22.6 Å². The standard InChI is InChI=1S/C19H14ClN3O4/c20-12-3-1-2-11(8-12)19-22-13-5-4-10(9-15(13)27-19)17(25)21-14-6-7-16(24)23-18(14)26/h1-5,8-9,14H,6-7H2,(H,21,25)(H,23,24,26). The highest BCUT2D eigenvalue weighted by atomic mass is 35.5. The molecule has 1 aliphatic heterocycles. The van der Waals surface area contributed by atoms with Crippen molar-refractivity contribution < 1.29 is 18.8 Å².